The first-order valence-corrected chi connectivity index (χ1v) is 6.36. The van der Waals surface area contributed by atoms with Crippen LogP contribution in [0.15, 0.2) is 30.5 Å². The maximum atomic E-state index is 11.8. The fourth-order valence-electron chi connectivity index (χ4n) is 1.71. The SMILES string of the molecule is CC(=O)c1ccc(-n2ccc(C(=O)N(C)C)n2)c(Cl)c1. The summed E-state index contributed by atoms with van der Waals surface area (Å²) >= 11 is 6.15. The van der Waals surface area contributed by atoms with Crippen LogP contribution in [-0.2, 0) is 0 Å². The van der Waals surface area contributed by atoms with E-state index in [0.717, 1.165) is 0 Å². The van der Waals surface area contributed by atoms with E-state index in [1.807, 2.05) is 0 Å². The quantitative estimate of drug-likeness (QED) is 0.816. The fraction of sp³-hybridized carbons (Fsp3) is 0.214. The number of hydrogen-bond acceptors (Lipinski definition) is 3. The van der Waals surface area contributed by atoms with Crippen molar-refractivity contribution >= 4 is 23.3 Å². The first-order valence-electron chi connectivity index (χ1n) is 5.98. The Kier molecular flexibility index (Phi) is 3.90. The predicted octanol–water partition coefficient (Wildman–Crippen LogP) is 2.43. The van der Waals surface area contributed by atoms with Crippen molar-refractivity contribution in [1.29, 1.82) is 0 Å². The van der Waals surface area contributed by atoms with Gasteiger partial charge in [-0.2, -0.15) is 5.10 Å². The van der Waals surface area contributed by atoms with Gasteiger partial charge in [0.05, 0.1) is 10.7 Å². The number of halogens is 1. The lowest BCUT2D eigenvalue weighted by molar-refractivity contribution is 0.0821. The Labute approximate surface area is 121 Å². The standard InChI is InChI=1S/C14H14ClN3O2/c1-9(19)10-4-5-13(11(15)8-10)18-7-6-12(16-18)14(20)17(2)3/h4-8H,1-3H3. The van der Waals surface area contributed by atoms with E-state index in [-0.39, 0.29) is 11.7 Å². The van der Waals surface area contributed by atoms with Crippen LogP contribution in [0.2, 0.25) is 5.02 Å². The third-order valence-electron chi connectivity index (χ3n) is 2.82. The van der Waals surface area contributed by atoms with Gasteiger partial charge in [-0.3, -0.25) is 9.59 Å². The number of aromatic nitrogens is 2. The summed E-state index contributed by atoms with van der Waals surface area (Å²) in [5.41, 5.74) is 1.49. The summed E-state index contributed by atoms with van der Waals surface area (Å²) in [6.07, 6.45) is 1.66. The van der Waals surface area contributed by atoms with Crippen LogP contribution in [0.25, 0.3) is 5.69 Å². The monoisotopic (exact) mass is 291 g/mol. The zero-order valence-corrected chi connectivity index (χ0v) is 12.2. The van der Waals surface area contributed by atoms with Crippen molar-refractivity contribution in [2.45, 2.75) is 6.92 Å². The van der Waals surface area contributed by atoms with Crippen LogP contribution in [-0.4, -0.2) is 40.5 Å². The van der Waals surface area contributed by atoms with Crippen LogP contribution < -0.4 is 0 Å². The summed E-state index contributed by atoms with van der Waals surface area (Å²) in [7, 11) is 3.33. The smallest absolute Gasteiger partial charge is 0.273 e. The van der Waals surface area contributed by atoms with Crippen molar-refractivity contribution in [1.82, 2.24) is 14.7 Å². The normalized spacial score (nSPS) is 10.4. The molecule has 5 nitrogen and oxygen atoms in total. The summed E-state index contributed by atoms with van der Waals surface area (Å²) in [5.74, 6) is -0.234. The molecule has 1 aromatic carbocycles. The third-order valence-corrected chi connectivity index (χ3v) is 3.12. The summed E-state index contributed by atoms with van der Waals surface area (Å²) in [4.78, 5) is 24.5. The van der Waals surface area contributed by atoms with Gasteiger partial charge in [-0.25, -0.2) is 4.68 Å². The first-order chi connectivity index (χ1) is 9.40. The zero-order valence-electron chi connectivity index (χ0n) is 11.4. The minimum Gasteiger partial charge on any atom is -0.343 e. The average Bonchev–Trinajstić information content (AvgIpc) is 2.86. The Morgan fingerprint density at radius 3 is 2.50 bits per heavy atom. The summed E-state index contributed by atoms with van der Waals surface area (Å²) in [6.45, 7) is 1.48. The second kappa shape index (κ2) is 5.46. The van der Waals surface area contributed by atoms with Crippen molar-refractivity contribution in [2.24, 2.45) is 0 Å². The number of rotatable bonds is 3. The first kappa shape index (κ1) is 14.3. The molecule has 0 aliphatic heterocycles. The number of amides is 1. The highest BCUT2D eigenvalue weighted by Crippen LogP contribution is 2.22. The molecule has 6 heteroatoms. The van der Waals surface area contributed by atoms with Gasteiger partial charge < -0.3 is 4.90 Å². The molecule has 2 aromatic rings. The van der Waals surface area contributed by atoms with Gasteiger partial charge >= 0.3 is 0 Å². The molecule has 0 N–H and O–H groups in total. The second-order valence-corrected chi connectivity index (χ2v) is 4.97. The van der Waals surface area contributed by atoms with Gasteiger partial charge in [-0.1, -0.05) is 11.6 Å². The molecule has 2 rings (SSSR count). The van der Waals surface area contributed by atoms with Gasteiger partial charge in [0, 0.05) is 25.9 Å². The lowest BCUT2D eigenvalue weighted by Gasteiger charge is -2.08. The van der Waals surface area contributed by atoms with E-state index in [0.29, 0.717) is 22.0 Å². The van der Waals surface area contributed by atoms with Crippen LogP contribution >= 0.6 is 11.6 Å². The van der Waals surface area contributed by atoms with Crippen molar-refractivity contribution in [2.75, 3.05) is 14.1 Å². The van der Waals surface area contributed by atoms with E-state index < -0.39 is 0 Å². The van der Waals surface area contributed by atoms with Gasteiger partial charge in [-0.15, -0.1) is 0 Å². The predicted molar refractivity (Wildman–Crippen MR) is 76.6 cm³/mol. The second-order valence-electron chi connectivity index (χ2n) is 4.57. The number of ketones is 1. The van der Waals surface area contributed by atoms with Crippen molar-refractivity contribution < 1.29 is 9.59 Å². The molecule has 1 aromatic heterocycles. The highest BCUT2D eigenvalue weighted by atomic mass is 35.5. The van der Waals surface area contributed by atoms with E-state index in [2.05, 4.69) is 5.10 Å². The van der Waals surface area contributed by atoms with Gasteiger partial charge in [0.25, 0.3) is 5.91 Å². The van der Waals surface area contributed by atoms with Crippen molar-refractivity contribution in [3.8, 4) is 5.69 Å². The molecule has 0 aliphatic carbocycles. The summed E-state index contributed by atoms with van der Waals surface area (Å²) in [5, 5.41) is 4.60. The van der Waals surface area contributed by atoms with E-state index in [4.69, 9.17) is 11.6 Å². The van der Waals surface area contributed by atoms with Crippen molar-refractivity contribution in [3.05, 3.63) is 46.7 Å². The van der Waals surface area contributed by atoms with Gasteiger partial charge in [-0.05, 0) is 31.2 Å². The maximum Gasteiger partial charge on any atom is 0.273 e. The zero-order chi connectivity index (χ0) is 14.9. The highest BCUT2D eigenvalue weighted by Gasteiger charge is 2.13. The molecular formula is C14H14ClN3O2. The topological polar surface area (TPSA) is 55.2 Å². The number of carbonyl (C=O) groups excluding carboxylic acids is 2. The van der Waals surface area contributed by atoms with E-state index in [9.17, 15) is 9.59 Å². The number of hydrogen-bond donors (Lipinski definition) is 0. The Bertz CT molecular complexity index is 677. The lowest BCUT2D eigenvalue weighted by Crippen LogP contribution is -2.22. The van der Waals surface area contributed by atoms with Crippen LogP contribution in [0.5, 0.6) is 0 Å². The number of Topliss-reactive ketones (excluding diaryl/α,β-unsaturated/α-hetero) is 1. The number of benzene rings is 1. The van der Waals surface area contributed by atoms with Crippen LogP contribution in [0.4, 0.5) is 0 Å². The maximum absolute atomic E-state index is 11.8. The van der Waals surface area contributed by atoms with Gasteiger partial charge in [0.15, 0.2) is 11.5 Å². The Balaban J connectivity index is 2.38. The number of nitrogens with zero attached hydrogens (tertiary/aromatic N) is 3. The van der Waals surface area contributed by atoms with Gasteiger partial charge in [0.2, 0.25) is 0 Å². The molecule has 0 aliphatic rings. The molecule has 1 amide bonds. The van der Waals surface area contributed by atoms with Crippen LogP contribution in [0, 0.1) is 0 Å². The Morgan fingerprint density at radius 1 is 1.25 bits per heavy atom. The van der Waals surface area contributed by atoms with Crippen LogP contribution in [0.1, 0.15) is 27.8 Å². The molecule has 0 bridgehead atoms. The summed E-state index contributed by atoms with van der Waals surface area (Å²) in [6, 6.07) is 6.60. The minimum absolute atomic E-state index is 0.0533. The molecule has 0 fully saturated rings. The Hall–Kier alpha value is -2.14. The molecule has 1 heterocycles. The molecule has 0 spiro atoms. The fourth-order valence-corrected chi connectivity index (χ4v) is 1.98. The van der Waals surface area contributed by atoms with E-state index >= 15 is 0 Å². The molecule has 0 saturated heterocycles. The van der Waals surface area contributed by atoms with Crippen LogP contribution in [0.3, 0.4) is 0 Å². The number of carbonyl (C=O) groups is 2. The molecule has 104 valence electrons. The largest absolute Gasteiger partial charge is 0.343 e. The molecule has 20 heavy (non-hydrogen) atoms. The molecule has 0 saturated carbocycles. The minimum atomic E-state index is -0.180. The van der Waals surface area contributed by atoms with E-state index in [1.165, 1.54) is 16.5 Å². The molecule has 0 atom stereocenters. The third kappa shape index (κ3) is 2.72. The average molecular weight is 292 g/mol. The van der Waals surface area contributed by atoms with Gasteiger partial charge in [0.1, 0.15) is 0 Å². The highest BCUT2D eigenvalue weighted by molar-refractivity contribution is 6.32. The lowest BCUT2D eigenvalue weighted by atomic mass is 10.1. The Morgan fingerprint density at radius 2 is 1.95 bits per heavy atom. The molecule has 0 unspecified atom stereocenters. The molecule has 0 radical (unpaired) electrons. The van der Waals surface area contributed by atoms with Crippen molar-refractivity contribution in [3.63, 3.8) is 0 Å². The summed E-state index contributed by atoms with van der Waals surface area (Å²) < 4.78 is 1.52. The molecular weight excluding hydrogens is 278 g/mol. The van der Waals surface area contributed by atoms with E-state index in [1.54, 1.807) is 44.6 Å².